The molecule has 0 radical (unpaired) electrons. The molecular formula is C42H48FN7O5. The summed E-state index contributed by atoms with van der Waals surface area (Å²) in [5, 5.41) is 11.1. The predicted molar refractivity (Wildman–Crippen MR) is 211 cm³/mol. The van der Waals surface area contributed by atoms with E-state index in [0.717, 1.165) is 56.1 Å². The summed E-state index contributed by atoms with van der Waals surface area (Å²) >= 11 is 0. The van der Waals surface area contributed by atoms with Crippen LogP contribution in [-0.4, -0.2) is 104 Å². The van der Waals surface area contributed by atoms with Gasteiger partial charge in [0, 0.05) is 60.8 Å². The van der Waals surface area contributed by atoms with Crippen LogP contribution in [0.2, 0.25) is 0 Å². The highest BCUT2D eigenvalue weighted by Gasteiger charge is 2.34. The van der Waals surface area contributed by atoms with Crippen LogP contribution in [0.15, 0.2) is 57.9 Å². The third kappa shape index (κ3) is 6.61. The molecular weight excluding hydrogens is 702 g/mol. The molecule has 3 fully saturated rings. The normalized spacial score (nSPS) is 21.1. The minimum atomic E-state index is -0.628. The molecule has 3 N–H and O–H groups in total. The van der Waals surface area contributed by atoms with E-state index in [9.17, 15) is 14.4 Å². The summed E-state index contributed by atoms with van der Waals surface area (Å²) in [4.78, 5) is 47.3. The van der Waals surface area contributed by atoms with Crippen LogP contribution in [0.3, 0.4) is 0 Å². The average Bonchev–Trinajstić information content (AvgIpc) is 3.98. The second-order valence-electron chi connectivity index (χ2n) is 15.8. The minimum Gasteiger partial charge on any atom is -0.456 e. The summed E-state index contributed by atoms with van der Waals surface area (Å²) in [5.74, 6) is -0.578. The summed E-state index contributed by atoms with van der Waals surface area (Å²) in [5.41, 5.74) is 1.85. The van der Waals surface area contributed by atoms with Gasteiger partial charge in [-0.05, 0) is 96.9 Å². The molecule has 6 heterocycles. The van der Waals surface area contributed by atoms with Gasteiger partial charge >= 0.3 is 0 Å². The van der Waals surface area contributed by atoms with Gasteiger partial charge < -0.3 is 44.4 Å². The number of para-hydroxylation sites is 1. The number of amides is 2. The summed E-state index contributed by atoms with van der Waals surface area (Å²) < 4.78 is 31.2. The van der Waals surface area contributed by atoms with Crippen LogP contribution >= 0.6 is 0 Å². The molecule has 13 heteroatoms. The van der Waals surface area contributed by atoms with Crippen LogP contribution in [0.5, 0.6) is 11.5 Å². The van der Waals surface area contributed by atoms with E-state index in [-0.39, 0.29) is 40.9 Å². The fourth-order valence-electron chi connectivity index (χ4n) is 9.25. The highest BCUT2D eigenvalue weighted by molar-refractivity contribution is 6.07. The van der Waals surface area contributed by atoms with Crippen molar-refractivity contribution in [3.63, 3.8) is 0 Å². The molecule has 288 valence electrons. The number of hydrogen-bond acceptors (Lipinski definition) is 9. The molecule has 55 heavy (non-hydrogen) atoms. The third-order valence-corrected chi connectivity index (χ3v) is 12.3. The molecule has 12 nitrogen and oxygen atoms in total. The number of fused-ring (bicyclic) bond motifs is 5. The van der Waals surface area contributed by atoms with Gasteiger partial charge in [-0.2, -0.15) is 0 Å². The van der Waals surface area contributed by atoms with Gasteiger partial charge in [-0.3, -0.25) is 14.4 Å². The minimum absolute atomic E-state index is 0.0497. The Hall–Kier alpha value is -4.98. The molecule has 9 rings (SSSR count). The SMILES string of the molecule is CN1CCCC1CCNCC(=O)N[C@@H]1CCN(c2c(F)cc3c(=O)c(C(=O)NCCC4CCCN4C)cn4c3c2Oc2cc3c(cc2-4)oc2ccccc23)C1. The van der Waals surface area contributed by atoms with Crippen LogP contribution < -0.4 is 31.0 Å². The number of ether oxygens (including phenoxy) is 1. The zero-order chi connectivity index (χ0) is 37.8. The van der Waals surface area contributed by atoms with E-state index < -0.39 is 17.2 Å². The number of furan rings is 1. The molecule has 3 aromatic carbocycles. The van der Waals surface area contributed by atoms with E-state index in [2.05, 4.69) is 39.8 Å². The molecule has 4 aliphatic heterocycles. The lowest BCUT2D eigenvalue weighted by molar-refractivity contribution is -0.120. The van der Waals surface area contributed by atoms with Gasteiger partial charge in [-0.1, -0.05) is 18.2 Å². The molecule has 0 spiro atoms. The van der Waals surface area contributed by atoms with Crippen molar-refractivity contribution >= 4 is 50.3 Å². The smallest absolute Gasteiger partial charge is 0.256 e. The molecule has 3 saturated heterocycles. The van der Waals surface area contributed by atoms with Gasteiger partial charge in [0.25, 0.3) is 5.91 Å². The van der Waals surface area contributed by atoms with E-state index >= 15 is 4.39 Å². The number of aromatic nitrogens is 1. The Morgan fingerprint density at radius 3 is 2.42 bits per heavy atom. The molecule has 5 aromatic rings. The number of pyridine rings is 1. The van der Waals surface area contributed by atoms with Crippen molar-refractivity contribution in [2.45, 2.75) is 63.1 Å². The van der Waals surface area contributed by atoms with E-state index in [1.54, 1.807) is 10.8 Å². The van der Waals surface area contributed by atoms with E-state index in [1.165, 1.54) is 18.9 Å². The van der Waals surface area contributed by atoms with E-state index in [0.29, 0.717) is 66.3 Å². The number of nitrogens with one attached hydrogen (secondary N) is 3. The number of benzene rings is 3. The Morgan fingerprint density at radius 1 is 0.891 bits per heavy atom. The van der Waals surface area contributed by atoms with Crippen LogP contribution in [0, 0.1) is 5.82 Å². The average molecular weight is 750 g/mol. The first-order valence-electron chi connectivity index (χ1n) is 19.7. The van der Waals surface area contributed by atoms with Crippen LogP contribution in [-0.2, 0) is 4.79 Å². The number of carbonyl (C=O) groups is 2. The Labute approximate surface area is 318 Å². The fourth-order valence-corrected chi connectivity index (χ4v) is 9.25. The molecule has 2 unspecified atom stereocenters. The number of carbonyl (C=O) groups excluding carboxylic acids is 2. The Morgan fingerprint density at radius 2 is 1.65 bits per heavy atom. The quantitative estimate of drug-likeness (QED) is 0.155. The van der Waals surface area contributed by atoms with E-state index in [1.807, 2.05) is 41.3 Å². The predicted octanol–water partition coefficient (Wildman–Crippen LogP) is 5.12. The first-order valence-corrected chi connectivity index (χ1v) is 19.7. The number of nitrogens with zero attached hydrogens (tertiary/aromatic N) is 4. The summed E-state index contributed by atoms with van der Waals surface area (Å²) in [6.45, 7) is 4.42. The van der Waals surface area contributed by atoms with Crippen molar-refractivity contribution in [2.24, 2.45) is 0 Å². The first-order chi connectivity index (χ1) is 26.7. The standard InChI is InChI=1S/C42H48FN7O5/c1-47-16-5-7-26(47)11-14-44-22-37(51)46-25-13-18-49(23-25)39-32(43)19-30-38-41(39)55-36-20-29-28-9-3-4-10-34(28)54-35(29)21-33(36)50(38)24-31(40(30)52)42(53)45-15-12-27-8-6-17-48(27)2/h3-4,9-10,19-21,24-27,44H,5-8,11-18,22-23H2,1-2H3,(H,45,53)(H,46,51)/t25-,26?,27?/m1/s1. The van der Waals surface area contributed by atoms with Gasteiger partial charge in [-0.25, -0.2) is 4.39 Å². The maximum Gasteiger partial charge on any atom is 0.256 e. The number of rotatable bonds is 11. The van der Waals surface area contributed by atoms with Crippen LogP contribution in [0.25, 0.3) is 38.5 Å². The van der Waals surface area contributed by atoms with Gasteiger partial charge in [0.15, 0.2) is 17.3 Å². The largest absolute Gasteiger partial charge is 0.456 e. The topological polar surface area (TPSA) is 124 Å². The van der Waals surface area contributed by atoms with Crippen molar-refractivity contribution in [3.8, 4) is 17.2 Å². The number of hydrogen-bond donors (Lipinski definition) is 3. The second-order valence-corrected chi connectivity index (χ2v) is 15.8. The molecule has 3 atom stereocenters. The molecule has 2 amide bonds. The summed E-state index contributed by atoms with van der Waals surface area (Å²) in [6, 6.07) is 13.4. The highest BCUT2D eigenvalue weighted by atomic mass is 19.1. The lowest BCUT2D eigenvalue weighted by Crippen LogP contribution is -2.42. The van der Waals surface area contributed by atoms with Crippen molar-refractivity contribution in [2.75, 3.05) is 64.8 Å². The highest BCUT2D eigenvalue weighted by Crippen LogP contribution is 2.49. The zero-order valence-electron chi connectivity index (χ0n) is 31.5. The monoisotopic (exact) mass is 749 g/mol. The van der Waals surface area contributed by atoms with Crippen molar-refractivity contribution in [1.82, 2.24) is 30.3 Å². The second kappa shape index (κ2) is 14.6. The Bertz CT molecular complexity index is 2370. The maximum absolute atomic E-state index is 16.5. The third-order valence-electron chi connectivity index (χ3n) is 12.3. The molecule has 0 aliphatic carbocycles. The zero-order valence-corrected chi connectivity index (χ0v) is 31.5. The molecule has 2 aromatic heterocycles. The fraction of sp³-hybridized carbons (Fsp3) is 0.452. The van der Waals surface area contributed by atoms with Crippen molar-refractivity contribution < 1.29 is 23.1 Å². The number of likely N-dealkylation sites (tertiary alicyclic amines) is 2. The summed E-state index contributed by atoms with van der Waals surface area (Å²) in [7, 11) is 4.24. The van der Waals surface area contributed by atoms with Gasteiger partial charge in [0.1, 0.15) is 27.9 Å². The van der Waals surface area contributed by atoms with E-state index in [4.69, 9.17) is 9.15 Å². The Kier molecular flexibility index (Phi) is 9.47. The lowest BCUT2D eigenvalue weighted by Gasteiger charge is -2.29. The van der Waals surface area contributed by atoms with Crippen molar-refractivity contribution in [3.05, 3.63) is 70.3 Å². The first kappa shape index (κ1) is 35.7. The maximum atomic E-state index is 16.5. The summed E-state index contributed by atoms with van der Waals surface area (Å²) in [6.07, 6.45) is 8.57. The molecule has 0 bridgehead atoms. The van der Waals surface area contributed by atoms with Gasteiger partial charge in [0.2, 0.25) is 11.3 Å². The molecule has 4 aliphatic rings. The van der Waals surface area contributed by atoms with Gasteiger partial charge in [0.05, 0.1) is 17.6 Å². The number of anilines is 1. The van der Waals surface area contributed by atoms with Crippen LogP contribution in [0.1, 0.15) is 55.3 Å². The van der Waals surface area contributed by atoms with Crippen LogP contribution in [0.4, 0.5) is 10.1 Å². The molecule has 0 saturated carbocycles. The van der Waals surface area contributed by atoms with Crippen molar-refractivity contribution in [1.29, 1.82) is 0 Å². The lowest BCUT2D eigenvalue weighted by atomic mass is 10.0. The Balaban J connectivity index is 1.02. The number of halogens is 1. The van der Waals surface area contributed by atoms with Gasteiger partial charge in [-0.15, -0.1) is 0 Å².